The third-order valence-electron chi connectivity index (χ3n) is 12.6. The van der Waals surface area contributed by atoms with E-state index in [2.05, 4.69) is 50.9 Å². The molecule has 3 aliphatic heterocycles. The first kappa shape index (κ1) is 42.6. The van der Waals surface area contributed by atoms with Crippen LogP contribution in [0.4, 0.5) is 10.5 Å². The van der Waals surface area contributed by atoms with Crippen LogP contribution in [0.15, 0.2) is 133 Å². The molecule has 62 heavy (non-hydrogen) atoms. The lowest BCUT2D eigenvalue weighted by Crippen LogP contribution is -2.57. The van der Waals surface area contributed by atoms with Gasteiger partial charge < -0.3 is 45.1 Å². The van der Waals surface area contributed by atoms with Gasteiger partial charge in [0.25, 0.3) is 0 Å². The molecule has 3 amide bonds. The molecule has 12 heteroatoms. The fourth-order valence-electron chi connectivity index (χ4n) is 9.02. The smallest absolute Gasteiger partial charge is 0.328 e. The Balaban J connectivity index is 0.962. The van der Waals surface area contributed by atoms with Crippen LogP contribution in [0.3, 0.4) is 0 Å². The van der Waals surface area contributed by atoms with E-state index >= 15 is 0 Å². The number of aliphatic hydroxyl groups excluding tert-OH is 1. The molecule has 0 saturated carbocycles. The number of ether oxygens (including phenoxy) is 3. The number of anilines is 1. The number of para-hydroxylation sites is 1. The van der Waals surface area contributed by atoms with Crippen molar-refractivity contribution < 1.29 is 33.7 Å². The second kappa shape index (κ2) is 19.3. The summed E-state index contributed by atoms with van der Waals surface area (Å²) in [7, 11) is 1.31. The predicted molar refractivity (Wildman–Crippen MR) is 237 cm³/mol. The molecule has 3 aliphatic rings. The lowest BCUT2D eigenvalue weighted by atomic mass is 9.84. The minimum Gasteiger partial charge on any atom is -0.467 e. The van der Waals surface area contributed by atoms with Crippen molar-refractivity contribution in [3.8, 4) is 11.1 Å². The second-order valence-electron chi connectivity index (χ2n) is 16.5. The Kier molecular flexibility index (Phi) is 13.3. The largest absolute Gasteiger partial charge is 0.467 e. The maximum Gasteiger partial charge on any atom is 0.328 e. The number of likely N-dealkylation sites (tertiary alicyclic amines) is 1. The first-order valence-corrected chi connectivity index (χ1v) is 21.4. The minimum atomic E-state index is -0.833. The van der Waals surface area contributed by atoms with Gasteiger partial charge in [-0.25, -0.2) is 9.59 Å². The number of esters is 1. The van der Waals surface area contributed by atoms with Crippen LogP contribution in [0.5, 0.6) is 0 Å². The number of methoxy groups -OCH3 is 1. The van der Waals surface area contributed by atoms with Gasteiger partial charge in [-0.05, 0) is 70.5 Å². The van der Waals surface area contributed by atoms with Crippen molar-refractivity contribution in [2.24, 2.45) is 5.92 Å². The van der Waals surface area contributed by atoms with E-state index in [-0.39, 0.29) is 37.2 Å². The quantitative estimate of drug-likeness (QED) is 0.0960. The average molecular weight is 838 g/mol. The van der Waals surface area contributed by atoms with E-state index in [0.717, 1.165) is 57.7 Å². The van der Waals surface area contributed by atoms with Gasteiger partial charge in [0.15, 0.2) is 6.29 Å². The van der Waals surface area contributed by atoms with Gasteiger partial charge in [0.1, 0.15) is 11.6 Å². The predicted octanol–water partition coefficient (Wildman–Crippen LogP) is 6.65. The normalized spacial score (nSPS) is 21.5. The minimum absolute atomic E-state index is 0.00325. The fourth-order valence-corrected chi connectivity index (χ4v) is 9.02. The molecule has 12 nitrogen and oxygen atoms in total. The molecule has 0 aliphatic carbocycles. The molecule has 0 unspecified atom stereocenters. The molecule has 1 spiro atoms. The van der Waals surface area contributed by atoms with E-state index in [4.69, 9.17) is 14.2 Å². The molecule has 8 rings (SSSR count). The number of hydrogen-bond donors (Lipinski definition) is 4. The number of carbonyl (C=O) groups excluding carboxylic acids is 3. The Morgan fingerprint density at radius 1 is 0.823 bits per heavy atom. The number of nitrogens with one attached hydrogen (secondary N) is 3. The number of nitrogens with zero attached hydrogens (tertiary/aromatic N) is 2. The molecular weight excluding hydrogens is 783 g/mol. The summed E-state index contributed by atoms with van der Waals surface area (Å²) in [6.07, 6.45) is 0.631. The summed E-state index contributed by atoms with van der Waals surface area (Å²) < 4.78 is 18.7. The lowest BCUT2D eigenvalue weighted by molar-refractivity contribution is -0.276. The molecule has 3 heterocycles. The zero-order chi connectivity index (χ0) is 43.1. The highest BCUT2D eigenvalue weighted by Crippen LogP contribution is 2.43. The molecule has 5 aromatic rings. The van der Waals surface area contributed by atoms with E-state index < -0.39 is 29.9 Å². The molecule has 5 atom stereocenters. The number of aliphatic hydroxyl groups is 1. The van der Waals surface area contributed by atoms with Crippen molar-refractivity contribution in [2.45, 2.75) is 69.4 Å². The van der Waals surface area contributed by atoms with E-state index in [0.29, 0.717) is 32.5 Å². The van der Waals surface area contributed by atoms with Gasteiger partial charge in [-0.3, -0.25) is 4.79 Å². The Labute approximate surface area is 363 Å². The van der Waals surface area contributed by atoms with Crippen LogP contribution < -0.4 is 20.9 Å². The number of rotatable bonds is 13. The second-order valence-corrected chi connectivity index (χ2v) is 16.5. The summed E-state index contributed by atoms with van der Waals surface area (Å²) in [5.74, 6) is -0.416. The van der Waals surface area contributed by atoms with E-state index in [1.54, 1.807) is 0 Å². The molecule has 4 N–H and O–H groups in total. The van der Waals surface area contributed by atoms with Crippen molar-refractivity contribution in [1.29, 1.82) is 0 Å². The van der Waals surface area contributed by atoms with Crippen LogP contribution in [-0.4, -0.2) is 79.0 Å². The number of carbonyl (C=O) groups is 3. The van der Waals surface area contributed by atoms with Gasteiger partial charge in [-0.2, -0.15) is 0 Å². The number of hydrogen-bond acceptors (Lipinski definition) is 9. The average Bonchev–Trinajstić information content (AvgIpc) is 3.63. The van der Waals surface area contributed by atoms with Gasteiger partial charge >= 0.3 is 12.0 Å². The summed E-state index contributed by atoms with van der Waals surface area (Å²) in [6, 6.07) is 42.4. The van der Waals surface area contributed by atoms with Crippen molar-refractivity contribution in [1.82, 2.24) is 20.9 Å². The zero-order valence-electron chi connectivity index (χ0n) is 35.2. The van der Waals surface area contributed by atoms with Crippen LogP contribution in [-0.2, 0) is 43.4 Å². The van der Waals surface area contributed by atoms with Crippen LogP contribution >= 0.6 is 0 Å². The van der Waals surface area contributed by atoms with Crippen molar-refractivity contribution in [3.05, 3.63) is 161 Å². The topological polar surface area (TPSA) is 142 Å². The van der Waals surface area contributed by atoms with Crippen LogP contribution in [0.25, 0.3) is 11.1 Å². The van der Waals surface area contributed by atoms with Crippen LogP contribution in [0.2, 0.25) is 0 Å². The molecule has 3 fully saturated rings. The first-order chi connectivity index (χ1) is 30.2. The summed E-state index contributed by atoms with van der Waals surface area (Å²) in [6.45, 7) is 5.09. The van der Waals surface area contributed by atoms with E-state index in [1.807, 2.05) is 115 Å². The van der Waals surface area contributed by atoms with E-state index in [9.17, 15) is 19.5 Å². The van der Waals surface area contributed by atoms with Gasteiger partial charge in [-0.15, -0.1) is 0 Å². The van der Waals surface area contributed by atoms with Gasteiger partial charge in [0, 0.05) is 49.8 Å². The van der Waals surface area contributed by atoms with Crippen molar-refractivity contribution in [2.75, 3.05) is 38.3 Å². The van der Waals surface area contributed by atoms with Crippen LogP contribution in [0.1, 0.15) is 60.0 Å². The van der Waals surface area contributed by atoms with Gasteiger partial charge in [-0.1, -0.05) is 116 Å². The maximum atomic E-state index is 13.4. The first-order valence-electron chi connectivity index (χ1n) is 21.4. The van der Waals surface area contributed by atoms with E-state index in [1.165, 1.54) is 7.11 Å². The number of urea groups is 1. The molecule has 0 bridgehead atoms. The van der Waals surface area contributed by atoms with Crippen molar-refractivity contribution >= 4 is 23.6 Å². The molecule has 3 saturated heterocycles. The molecule has 322 valence electrons. The highest BCUT2D eigenvalue weighted by atomic mass is 16.7. The maximum absolute atomic E-state index is 13.4. The Morgan fingerprint density at radius 3 is 2.21 bits per heavy atom. The Morgan fingerprint density at radius 2 is 1.50 bits per heavy atom. The number of amides is 3. The van der Waals surface area contributed by atoms with Gasteiger partial charge in [0.05, 0.1) is 32.6 Å². The number of benzene rings is 5. The summed E-state index contributed by atoms with van der Waals surface area (Å²) >= 11 is 0. The highest BCUT2D eigenvalue weighted by molar-refractivity contribution is 5.93. The molecule has 5 aromatic carbocycles. The molecular formula is C50H55N5O7. The molecule has 0 radical (unpaired) electrons. The van der Waals surface area contributed by atoms with Crippen LogP contribution in [0, 0.1) is 5.92 Å². The third kappa shape index (κ3) is 9.54. The SMILES string of the molecule is COC(=O)[C@H](Cc1ccccc1)NC(=O)NCc1cccc(-c2cccc([C@H]3O[C@@H](CN4CCC5(CC4)C(=O)NCN5c4ccccc4)[C@@H](C)[C@@H](c4ccc(CO)cc4)O3)c2)c1. The molecule has 0 aromatic heterocycles. The highest BCUT2D eigenvalue weighted by Gasteiger charge is 2.51. The summed E-state index contributed by atoms with van der Waals surface area (Å²) in [5.41, 5.74) is 6.93. The van der Waals surface area contributed by atoms with Crippen molar-refractivity contribution in [3.63, 3.8) is 0 Å². The monoisotopic (exact) mass is 837 g/mol. The van der Waals surface area contributed by atoms with Gasteiger partial charge in [0.2, 0.25) is 5.91 Å². The summed E-state index contributed by atoms with van der Waals surface area (Å²) in [4.78, 5) is 43.5. The number of piperidine rings is 1. The Bertz CT molecular complexity index is 2300. The fraction of sp³-hybridized carbons (Fsp3) is 0.340. The summed E-state index contributed by atoms with van der Waals surface area (Å²) in [5, 5.41) is 18.5. The lowest BCUT2D eigenvalue weighted by Gasteiger charge is -2.46. The third-order valence-corrected chi connectivity index (χ3v) is 12.6. The standard InChI is InChI=1S/C50H55N5O7/c1-34-44(31-54-25-23-50(24-26-54)48(58)52-33-55(50)42-17-7-4-8-18-42)61-47(62-45(34)38-21-19-36(32-56)20-22-38)41-16-10-15-40(29-41)39-14-9-13-37(27-39)30-51-49(59)53-43(46(57)60-2)28-35-11-5-3-6-12-35/h3-22,27,29,34,43-45,47,56H,23-26,28,30-33H2,1-2H3,(H,52,58)(H2,51,53,59)/t34-,43+,44+,45+,47+/m1/s1. The Hall–Kier alpha value is -6.05. The zero-order valence-corrected chi connectivity index (χ0v) is 35.2.